The van der Waals surface area contributed by atoms with E-state index in [1.807, 2.05) is 6.07 Å². The summed E-state index contributed by atoms with van der Waals surface area (Å²) in [5, 5.41) is 3.26. The molecule has 1 aromatic heterocycles. The number of furan rings is 1. The number of rotatable bonds is 2. The second-order valence-corrected chi connectivity index (χ2v) is 3.43. The fourth-order valence-corrected chi connectivity index (χ4v) is 1.57. The van der Waals surface area contributed by atoms with Gasteiger partial charge in [0.15, 0.2) is 17.4 Å². The van der Waals surface area contributed by atoms with Crippen LogP contribution in [0.25, 0.3) is 0 Å². The second-order valence-electron chi connectivity index (χ2n) is 3.43. The van der Waals surface area contributed by atoms with Crippen LogP contribution in [0.2, 0.25) is 0 Å². The average Bonchev–Trinajstić information content (AvgIpc) is 2.68. The molecule has 0 spiro atoms. The van der Waals surface area contributed by atoms with Gasteiger partial charge in [0.05, 0.1) is 0 Å². The quantitative estimate of drug-likeness (QED) is 0.710. The first-order valence-electron chi connectivity index (χ1n) is 4.84. The van der Waals surface area contributed by atoms with Gasteiger partial charge in [-0.1, -0.05) is 0 Å². The molecule has 14 heavy (non-hydrogen) atoms. The first kappa shape index (κ1) is 9.27. The number of hydrogen-bond acceptors (Lipinski definition) is 4. The van der Waals surface area contributed by atoms with Crippen LogP contribution in [0.1, 0.15) is 17.5 Å². The Hall–Kier alpha value is -1.29. The highest BCUT2D eigenvalue weighted by Gasteiger charge is 2.14. The summed E-state index contributed by atoms with van der Waals surface area (Å²) in [6.07, 6.45) is 0. The predicted molar refractivity (Wildman–Crippen MR) is 53.8 cm³/mol. The standard InChI is InChI=1S/C10H14N2O2/c1-8(13)9-2-3-10(14-9)12-6-4-11-5-7-12/h2-3,11H,4-7H2,1H3. The third kappa shape index (κ3) is 1.80. The summed E-state index contributed by atoms with van der Waals surface area (Å²) < 4.78 is 5.43. The highest BCUT2D eigenvalue weighted by Crippen LogP contribution is 2.18. The number of ketones is 1. The molecule has 0 unspecified atom stereocenters. The summed E-state index contributed by atoms with van der Waals surface area (Å²) in [4.78, 5) is 13.2. The van der Waals surface area contributed by atoms with Gasteiger partial charge >= 0.3 is 0 Å². The first-order valence-corrected chi connectivity index (χ1v) is 4.84. The van der Waals surface area contributed by atoms with E-state index in [1.165, 1.54) is 6.92 Å². The number of carbonyl (C=O) groups is 1. The van der Waals surface area contributed by atoms with Crippen LogP contribution in [0.15, 0.2) is 16.5 Å². The van der Waals surface area contributed by atoms with Gasteiger partial charge in [-0.2, -0.15) is 0 Å². The monoisotopic (exact) mass is 194 g/mol. The van der Waals surface area contributed by atoms with Crippen LogP contribution in [0.5, 0.6) is 0 Å². The maximum absolute atomic E-state index is 11.0. The molecule has 1 aliphatic heterocycles. The van der Waals surface area contributed by atoms with Crippen LogP contribution in [0.4, 0.5) is 5.88 Å². The van der Waals surface area contributed by atoms with Crippen LogP contribution >= 0.6 is 0 Å². The Labute approximate surface area is 82.9 Å². The Morgan fingerprint density at radius 1 is 1.43 bits per heavy atom. The zero-order valence-corrected chi connectivity index (χ0v) is 8.25. The van der Waals surface area contributed by atoms with Crippen molar-refractivity contribution in [3.8, 4) is 0 Å². The number of anilines is 1. The Morgan fingerprint density at radius 3 is 2.71 bits per heavy atom. The third-order valence-corrected chi connectivity index (χ3v) is 2.37. The maximum atomic E-state index is 11.0. The molecule has 1 N–H and O–H groups in total. The van der Waals surface area contributed by atoms with Crippen molar-refractivity contribution in [2.24, 2.45) is 0 Å². The Morgan fingerprint density at radius 2 is 2.14 bits per heavy atom. The van der Waals surface area contributed by atoms with Crippen molar-refractivity contribution in [2.45, 2.75) is 6.92 Å². The van der Waals surface area contributed by atoms with E-state index in [4.69, 9.17) is 4.42 Å². The number of nitrogens with one attached hydrogen (secondary N) is 1. The van der Waals surface area contributed by atoms with Crippen LogP contribution in [-0.4, -0.2) is 32.0 Å². The molecule has 1 aliphatic rings. The molecular weight excluding hydrogens is 180 g/mol. The summed E-state index contributed by atoms with van der Waals surface area (Å²) in [5.41, 5.74) is 0. The molecule has 0 radical (unpaired) electrons. The van der Waals surface area contributed by atoms with Gasteiger partial charge in [-0.25, -0.2) is 0 Å². The highest BCUT2D eigenvalue weighted by molar-refractivity contribution is 5.91. The molecule has 1 saturated heterocycles. The van der Waals surface area contributed by atoms with Gasteiger partial charge in [-0.3, -0.25) is 4.79 Å². The number of nitrogens with zero attached hydrogens (tertiary/aromatic N) is 1. The molecule has 4 nitrogen and oxygen atoms in total. The van der Waals surface area contributed by atoms with Crippen LogP contribution in [-0.2, 0) is 0 Å². The molecule has 0 atom stereocenters. The minimum Gasteiger partial charge on any atom is -0.437 e. The molecule has 1 aromatic rings. The lowest BCUT2D eigenvalue weighted by Gasteiger charge is -2.26. The van der Waals surface area contributed by atoms with Crippen LogP contribution in [0.3, 0.4) is 0 Å². The summed E-state index contributed by atoms with van der Waals surface area (Å²) in [6.45, 7) is 5.32. The largest absolute Gasteiger partial charge is 0.437 e. The molecule has 0 aromatic carbocycles. The van der Waals surface area contributed by atoms with Gasteiger partial charge in [0.2, 0.25) is 0 Å². The van der Waals surface area contributed by atoms with E-state index in [0.717, 1.165) is 32.1 Å². The fraction of sp³-hybridized carbons (Fsp3) is 0.500. The molecule has 0 bridgehead atoms. The van der Waals surface area contributed by atoms with Crippen molar-refractivity contribution >= 4 is 11.7 Å². The average molecular weight is 194 g/mol. The fourth-order valence-electron chi connectivity index (χ4n) is 1.57. The number of piperazine rings is 1. The highest BCUT2D eigenvalue weighted by atomic mass is 16.4. The van der Waals surface area contributed by atoms with Crippen LogP contribution in [0, 0.1) is 0 Å². The van der Waals surface area contributed by atoms with Crippen molar-refractivity contribution < 1.29 is 9.21 Å². The van der Waals surface area contributed by atoms with Crippen molar-refractivity contribution in [3.63, 3.8) is 0 Å². The number of Topliss-reactive ketones (excluding diaryl/α,β-unsaturated/α-hetero) is 1. The Bertz CT molecular complexity index is 327. The van der Waals surface area contributed by atoms with Gasteiger partial charge in [-0.05, 0) is 6.07 Å². The molecule has 2 heterocycles. The van der Waals surface area contributed by atoms with Crippen molar-refractivity contribution in [2.75, 3.05) is 31.1 Å². The van der Waals surface area contributed by atoms with E-state index in [-0.39, 0.29) is 5.78 Å². The Kier molecular flexibility index (Phi) is 2.54. The summed E-state index contributed by atoms with van der Waals surface area (Å²) in [7, 11) is 0. The van der Waals surface area contributed by atoms with E-state index < -0.39 is 0 Å². The maximum Gasteiger partial charge on any atom is 0.196 e. The van der Waals surface area contributed by atoms with Gasteiger partial charge in [0, 0.05) is 39.2 Å². The summed E-state index contributed by atoms with van der Waals surface area (Å²) in [6, 6.07) is 3.60. The topological polar surface area (TPSA) is 45.5 Å². The normalized spacial score (nSPS) is 17.1. The minimum atomic E-state index is -0.0219. The lowest BCUT2D eigenvalue weighted by molar-refractivity contribution is 0.0987. The number of carbonyl (C=O) groups excluding carboxylic acids is 1. The molecule has 1 fully saturated rings. The molecule has 2 rings (SSSR count). The van der Waals surface area contributed by atoms with Crippen LogP contribution < -0.4 is 10.2 Å². The molecule has 0 aliphatic carbocycles. The second kappa shape index (κ2) is 3.84. The summed E-state index contributed by atoms with van der Waals surface area (Å²) in [5.74, 6) is 1.22. The third-order valence-electron chi connectivity index (χ3n) is 2.37. The van der Waals surface area contributed by atoms with Crippen molar-refractivity contribution in [1.29, 1.82) is 0 Å². The minimum absolute atomic E-state index is 0.0219. The zero-order valence-electron chi connectivity index (χ0n) is 8.25. The zero-order chi connectivity index (χ0) is 9.97. The van der Waals surface area contributed by atoms with Crippen molar-refractivity contribution in [1.82, 2.24) is 5.32 Å². The van der Waals surface area contributed by atoms with E-state index in [0.29, 0.717) is 5.76 Å². The SMILES string of the molecule is CC(=O)c1ccc(N2CCNCC2)o1. The number of hydrogen-bond donors (Lipinski definition) is 1. The van der Waals surface area contributed by atoms with E-state index in [9.17, 15) is 4.79 Å². The summed E-state index contributed by atoms with van der Waals surface area (Å²) >= 11 is 0. The first-order chi connectivity index (χ1) is 6.77. The molecule has 0 amide bonds. The lowest BCUT2D eigenvalue weighted by Crippen LogP contribution is -2.43. The lowest BCUT2D eigenvalue weighted by atomic mass is 10.3. The molecule has 4 heteroatoms. The van der Waals surface area contributed by atoms with Gasteiger partial charge in [-0.15, -0.1) is 0 Å². The smallest absolute Gasteiger partial charge is 0.196 e. The molecular formula is C10H14N2O2. The van der Waals surface area contributed by atoms with E-state index in [2.05, 4.69) is 10.2 Å². The Balaban J connectivity index is 2.11. The predicted octanol–water partition coefficient (Wildman–Crippen LogP) is 0.892. The van der Waals surface area contributed by atoms with E-state index in [1.54, 1.807) is 6.07 Å². The van der Waals surface area contributed by atoms with Gasteiger partial charge < -0.3 is 14.6 Å². The molecule has 76 valence electrons. The molecule has 0 saturated carbocycles. The van der Waals surface area contributed by atoms with Gasteiger partial charge in [0.1, 0.15) is 0 Å². The van der Waals surface area contributed by atoms with Gasteiger partial charge in [0.25, 0.3) is 0 Å². The van der Waals surface area contributed by atoms with Crippen molar-refractivity contribution in [3.05, 3.63) is 17.9 Å². The van der Waals surface area contributed by atoms with E-state index >= 15 is 0 Å².